The SMILES string of the molecule is Cn1cnnc1C(F)C(C)(F)c1cccc(N2Cc3c(cc(CN4CC(C)(F)C4)cc3C(F)(F)F)C2=O)c1. The van der Waals surface area contributed by atoms with Crippen molar-refractivity contribution in [2.45, 2.75) is 50.6 Å². The molecule has 1 amide bonds. The average Bonchev–Trinajstić information content (AvgIpc) is 3.39. The van der Waals surface area contributed by atoms with Crippen LogP contribution < -0.4 is 4.90 Å². The van der Waals surface area contributed by atoms with E-state index in [1.807, 2.05) is 0 Å². The Labute approximate surface area is 214 Å². The van der Waals surface area contributed by atoms with Crippen LogP contribution in [0.15, 0.2) is 42.7 Å². The number of nitrogens with zero attached hydrogens (tertiary/aromatic N) is 5. The molecule has 0 N–H and O–H groups in total. The maximum Gasteiger partial charge on any atom is 0.416 e. The van der Waals surface area contributed by atoms with Crippen molar-refractivity contribution < 1.29 is 31.1 Å². The molecule has 2 aromatic carbocycles. The fourth-order valence-corrected chi connectivity index (χ4v) is 5.17. The van der Waals surface area contributed by atoms with Crippen LogP contribution in [0.1, 0.15) is 58.5 Å². The van der Waals surface area contributed by atoms with Crippen molar-refractivity contribution in [3.63, 3.8) is 0 Å². The third-order valence-electron chi connectivity index (χ3n) is 7.09. The fourth-order valence-electron chi connectivity index (χ4n) is 5.17. The summed E-state index contributed by atoms with van der Waals surface area (Å²) in [6.45, 7) is 2.30. The van der Waals surface area contributed by atoms with Gasteiger partial charge in [0.25, 0.3) is 5.91 Å². The van der Waals surface area contributed by atoms with Gasteiger partial charge in [0.05, 0.1) is 12.1 Å². The van der Waals surface area contributed by atoms with E-state index in [1.54, 1.807) is 4.90 Å². The number of carbonyl (C=O) groups is 1. The van der Waals surface area contributed by atoms with Crippen LogP contribution in [0.2, 0.25) is 0 Å². The number of likely N-dealkylation sites (tertiary alicyclic amines) is 1. The first-order valence-electron chi connectivity index (χ1n) is 11.9. The number of alkyl halides is 6. The van der Waals surface area contributed by atoms with Crippen molar-refractivity contribution in [1.82, 2.24) is 19.7 Å². The third-order valence-corrected chi connectivity index (χ3v) is 7.09. The Hall–Kier alpha value is -3.41. The first-order valence-corrected chi connectivity index (χ1v) is 11.9. The maximum absolute atomic E-state index is 15.7. The van der Waals surface area contributed by atoms with Crippen LogP contribution >= 0.6 is 0 Å². The monoisotopic (exact) mass is 537 g/mol. The topological polar surface area (TPSA) is 54.3 Å². The number of fused-ring (bicyclic) bond motifs is 1. The Kier molecular flexibility index (Phi) is 6.08. The lowest BCUT2D eigenvalue weighted by atomic mass is 9.92. The molecule has 0 saturated carbocycles. The summed E-state index contributed by atoms with van der Waals surface area (Å²) in [7, 11) is 1.47. The highest BCUT2D eigenvalue weighted by atomic mass is 19.4. The Morgan fingerprint density at radius 2 is 1.84 bits per heavy atom. The van der Waals surface area contributed by atoms with Crippen molar-refractivity contribution in [3.05, 3.63) is 76.4 Å². The lowest BCUT2D eigenvalue weighted by Gasteiger charge is -2.42. The summed E-state index contributed by atoms with van der Waals surface area (Å²) < 4.78 is 88.0. The zero-order valence-electron chi connectivity index (χ0n) is 20.9. The Morgan fingerprint density at radius 3 is 2.45 bits per heavy atom. The summed E-state index contributed by atoms with van der Waals surface area (Å²) >= 11 is 0. The van der Waals surface area contributed by atoms with Crippen molar-refractivity contribution in [2.24, 2.45) is 7.05 Å². The smallest absolute Gasteiger partial charge is 0.318 e. The van der Waals surface area contributed by atoms with Gasteiger partial charge in [0, 0.05) is 37.9 Å². The van der Waals surface area contributed by atoms with E-state index in [-0.39, 0.29) is 59.9 Å². The molecule has 3 heterocycles. The molecule has 38 heavy (non-hydrogen) atoms. The van der Waals surface area contributed by atoms with E-state index in [0.717, 1.165) is 17.9 Å². The number of halogens is 6. The lowest BCUT2D eigenvalue weighted by Crippen LogP contribution is -2.56. The number of hydrogen-bond acceptors (Lipinski definition) is 4. The summed E-state index contributed by atoms with van der Waals surface area (Å²) in [5.41, 5.74) is -4.95. The van der Waals surface area contributed by atoms with Crippen LogP contribution in [-0.2, 0) is 32.0 Å². The number of benzene rings is 2. The summed E-state index contributed by atoms with van der Waals surface area (Å²) in [4.78, 5) is 16.1. The minimum Gasteiger partial charge on any atom is -0.318 e. The molecule has 0 bridgehead atoms. The molecule has 6 nitrogen and oxygen atoms in total. The summed E-state index contributed by atoms with van der Waals surface area (Å²) in [5.74, 6) is -0.920. The summed E-state index contributed by atoms with van der Waals surface area (Å²) in [6.07, 6.45) is -5.68. The number of aromatic nitrogens is 3. The number of aryl methyl sites for hydroxylation is 1. The van der Waals surface area contributed by atoms with Gasteiger partial charge < -0.3 is 9.47 Å². The zero-order valence-corrected chi connectivity index (χ0v) is 20.9. The largest absolute Gasteiger partial charge is 0.416 e. The molecule has 1 fully saturated rings. The summed E-state index contributed by atoms with van der Waals surface area (Å²) in [6, 6.07) is 7.85. The summed E-state index contributed by atoms with van der Waals surface area (Å²) in [5, 5.41) is 7.20. The van der Waals surface area contributed by atoms with Crippen molar-refractivity contribution in [2.75, 3.05) is 18.0 Å². The second-order valence-electron chi connectivity index (χ2n) is 10.4. The molecule has 12 heteroatoms. The number of anilines is 1. The molecule has 2 aliphatic heterocycles. The van der Waals surface area contributed by atoms with Crippen molar-refractivity contribution >= 4 is 11.6 Å². The third kappa shape index (κ3) is 4.55. The van der Waals surface area contributed by atoms with E-state index < -0.39 is 35.2 Å². The Balaban J connectivity index is 1.46. The lowest BCUT2D eigenvalue weighted by molar-refractivity contribution is -0.138. The molecular weight excluding hydrogens is 512 g/mol. The van der Waals surface area contributed by atoms with Crippen LogP contribution in [0.3, 0.4) is 0 Å². The van der Waals surface area contributed by atoms with Crippen molar-refractivity contribution in [1.29, 1.82) is 0 Å². The van der Waals surface area contributed by atoms with E-state index in [0.29, 0.717) is 0 Å². The predicted molar refractivity (Wildman–Crippen MR) is 127 cm³/mol. The van der Waals surface area contributed by atoms with Gasteiger partial charge >= 0.3 is 6.18 Å². The molecule has 2 atom stereocenters. The first-order chi connectivity index (χ1) is 17.7. The van der Waals surface area contributed by atoms with Gasteiger partial charge in [-0.2, -0.15) is 13.2 Å². The maximum atomic E-state index is 15.7. The predicted octanol–water partition coefficient (Wildman–Crippen LogP) is 5.43. The number of rotatable bonds is 6. The first kappa shape index (κ1) is 26.2. The second kappa shape index (κ2) is 8.82. The van der Waals surface area contributed by atoms with Crippen molar-refractivity contribution in [3.8, 4) is 0 Å². The number of carbonyl (C=O) groups excluding carboxylic acids is 1. The normalized spacial score (nSPS) is 19.7. The molecule has 1 saturated heterocycles. The fraction of sp³-hybridized carbons (Fsp3) is 0.423. The molecule has 1 aromatic heterocycles. The van der Waals surface area contributed by atoms with E-state index in [4.69, 9.17) is 0 Å². The van der Waals surface area contributed by atoms with Gasteiger partial charge in [-0.1, -0.05) is 12.1 Å². The molecule has 2 unspecified atom stereocenters. The molecular formula is C26H25F6N5O. The van der Waals surface area contributed by atoms with Gasteiger partial charge in [0.1, 0.15) is 12.0 Å². The van der Waals surface area contributed by atoms with Gasteiger partial charge in [-0.25, -0.2) is 13.2 Å². The highest BCUT2D eigenvalue weighted by Gasteiger charge is 2.44. The molecule has 0 radical (unpaired) electrons. The average molecular weight is 538 g/mol. The Bertz CT molecular complexity index is 1390. The quantitative estimate of drug-likeness (QED) is 0.394. The molecule has 0 aliphatic carbocycles. The number of amides is 1. The van der Waals surface area contributed by atoms with E-state index in [2.05, 4.69) is 10.2 Å². The molecule has 5 rings (SSSR count). The number of hydrogen-bond donors (Lipinski definition) is 0. The van der Waals surface area contributed by atoms with Crippen LogP contribution in [0, 0.1) is 0 Å². The molecule has 202 valence electrons. The highest BCUT2D eigenvalue weighted by molar-refractivity contribution is 6.10. The highest BCUT2D eigenvalue weighted by Crippen LogP contribution is 2.44. The van der Waals surface area contributed by atoms with Crippen LogP contribution in [0.5, 0.6) is 0 Å². The molecule has 0 spiro atoms. The van der Waals surface area contributed by atoms with Crippen LogP contribution in [0.25, 0.3) is 0 Å². The minimum absolute atomic E-state index is 0.0682. The van der Waals surface area contributed by atoms with E-state index >= 15 is 8.78 Å². The van der Waals surface area contributed by atoms with Crippen LogP contribution in [-0.4, -0.2) is 44.3 Å². The van der Waals surface area contributed by atoms with Gasteiger partial charge in [0.2, 0.25) is 0 Å². The van der Waals surface area contributed by atoms with Gasteiger partial charge in [-0.15, -0.1) is 10.2 Å². The minimum atomic E-state index is -4.73. The van der Waals surface area contributed by atoms with Crippen LogP contribution in [0.4, 0.5) is 32.0 Å². The standard InChI is InChI=1S/C26H25F6N5O/c1-24(28)12-36(13-24)10-15-7-18-19(20(8-15)26(30,31)32)11-37(23(18)38)17-6-4-5-16(9-17)25(2,29)21(27)22-34-33-14-35(22)3/h4-9,14,21H,10-13H2,1-3H3. The Morgan fingerprint density at radius 1 is 1.13 bits per heavy atom. The van der Waals surface area contributed by atoms with Gasteiger partial charge in [-0.3, -0.25) is 9.69 Å². The van der Waals surface area contributed by atoms with Gasteiger partial charge in [0.15, 0.2) is 17.7 Å². The zero-order chi connectivity index (χ0) is 27.6. The van der Waals surface area contributed by atoms with E-state index in [9.17, 15) is 22.4 Å². The van der Waals surface area contributed by atoms with E-state index in [1.165, 1.54) is 55.2 Å². The second-order valence-corrected chi connectivity index (χ2v) is 10.4. The molecule has 3 aromatic rings. The molecule has 2 aliphatic rings. The van der Waals surface area contributed by atoms with Gasteiger partial charge in [-0.05, 0) is 54.8 Å².